The number of anilines is 1. The number of nitrogens with zero attached hydrogens (tertiary/aromatic N) is 2. The SMILES string of the molecule is CCn1nc(-c2cccc(OCC(C)C)c2)cc(N)c1=O. The van der Waals surface area contributed by atoms with Gasteiger partial charge in [-0.2, -0.15) is 5.10 Å². The standard InChI is InChI=1S/C16H21N3O2/c1-4-19-16(20)14(17)9-15(18-19)12-6-5-7-13(8-12)21-10-11(2)3/h5-9,11H,4,10,17H2,1-3H3. The second kappa shape index (κ2) is 6.43. The van der Waals surface area contributed by atoms with E-state index in [4.69, 9.17) is 10.5 Å². The summed E-state index contributed by atoms with van der Waals surface area (Å²) in [5, 5.41) is 4.33. The number of aryl methyl sites for hydroxylation is 1. The zero-order valence-corrected chi connectivity index (χ0v) is 12.7. The summed E-state index contributed by atoms with van der Waals surface area (Å²) >= 11 is 0. The fraction of sp³-hybridized carbons (Fsp3) is 0.375. The normalized spacial score (nSPS) is 10.9. The molecule has 0 aliphatic rings. The molecule has 0 saturated heterocycles. The largest absolute Gasteiger partial charge is 0.493 e. The molecule has 5 heteroatoms. The van der Waals surface area contributed by atoms with Crippen molar-refractivity contribution in [1.29, 1.82) is 0 Å². The first-order valence-corrected chi connectivity index (χ1v) is 7.12. The molecular formula is C16H21N3O2. The Morgan fingerprint density at radius 3 is 2.76 bits per heavy atom. The molecule has 0 radical (unpaired) electrons. The maximum absolute atomic E-state index is 11.8. The van der Waals surface area contributed by atoms with Gasteiger partial charge in [0.2, 0.25) is 0 Å². The first-order valence-electron chi connectivity index (χ1n) is 7.12. The lowest BCUT2D eigenvalue weighted by molar-refractivity contribution is 0.271. The van der Waals surface area contributed by atoms with Gasteiger partial charge >= 0.3 is 0 Å². The summed E-state index contributed by atoms with van der Waals surface area (Å²) in [4.78, 5) is 11.8. The lowest BCUT2D eigenvalue weighted by Gasteiger charge is -2.11. The smallest absolute Gasteiger partial charge is 0.289 e. The third-order valence-electron chi connectivity index (χ3n) is 3.01. The highest BCUT2D eigenvalue weighted by Gasteiger charge is 2.08. The van der Waals surface area contributed by atoms with Crippen molar-refractivity contribution in [2.24, 2.45) is 5.92 Å². The number of nitrogen functional groups attached to an aromatic ring is 1. The predicted molar refractivity (Wildman–Crippen MR) is 84.4 cm³/mol. The molecule has 1 aromatic carbocycles. The molecule has 2 N–H and O–H groups in total. The average Bonchev–Trinajstić information content (AvgIpc) is 2.48. The highest BCUT2D eigenvalue weighted by Crippen LogP contribution is 2.23. The van der Waals surface area contributed by atoms with Gasteiger partial charge in [0.05, 0.1) is 12.3 Å². The van der Waals surface area contributed by atoms with E-state index in [9.17, 15) is 4.79 Å². The predicted octanol–water partition coefficient (Wildman–Crippen LogP) is 2.55. The van der Waals surface area contributed by atoms with E-state index >= 15 is 0 Å². The molecule has 1 heterocycles. The third-order valence-corrected chi connectivity index (χ3v) is 3.01. The van der Waals surface area contributed by atoms with Gasteiger partial charge in [0.15, 0.2) is 0 Å². The van der Waals surface area contributed by atoms with E-state index in [1.54, 1.807) is 6.07 Å². The van der Waals surface area contributed by atoms with E-state index in [0.29, 0.717) is 24.8 Å². The lowest BCUT2D eigenvalue weighted by Crippen LogP contribution is -2.24. The summed E-state index contributed by atoms with van der Waals surface area (Å²) < 4.78 is 7.08. The van der Waals surface area contributed by atoms with Crippen LogP contribution in [-0.4, -0.2) is 16.4 Å². The molecule has 5 nitrogen and oxygen atoms in total. The van der Waals surface area contributed by atoms with Crippen LogP contribution in [0.2, 0.25) is 0 Å². The van der Waals surface area contributed by atoms with Gasteiger partial charge in [-0.05, 0) is 31.0 Å². The van der Waals surface area contributed by atoms with Gasteiger partial charge in [-0.15, -0.1) is 0 Å². The summed E-state index contributed by atoms with van der Waals surface area (Å²) in [6.07, 6.45) is 0. The van der Waals surface area contributed by atoms with Crippen molar-refractivity contribution < 1.29 is 4.74 Å². The minimum absolute atomic E-state index is 0.204. The minimum atomic E-state index is -0.256. The number of benzene rings is 1. The quantitative estimate of drug-likeness (QED) is 0.917. The van der Waals surface area contributed by atoms with Crippen LogP contribution in [0.1, 0.15) is 20.8 Å². The highest BCUT2D eigenvalue weighted by molar-refractivity contribution is 5.63. The van der Waals surface area contributed by atoms with Crippen LogP contribution < -0.4 is 16.0 Å². The van der Waals surface area contributed by atoms with Crippen molar-refractivity contribution in [3.63, 3.8) is 0 Å². The van der Waals surface area contributed by atoms with Crippen molar-refractivity contribution in [2.75, 3.05) is 12.3 Å². The molecule has 0 fully saturated rings. The Kier molecular flexibility index (Phi) is 4.62. The number of ether oxygens (including phenoxy) is 1. The fourth-order valence-electron chi connectivity index (χ4n) is 1.93. The van der Waals surface area contributed by atoms with Crippen molar-refractivity contribution >= 4 is 5.69 Å². The van der Waals surface area contributed by atoms with E-state index in [1.807, 2.05) is 31.2 Å². The summed E-state index contributed by atoms with van der Waals surface area (Å²) in [7, 11) is 0. The van der Waals surface area contributed by atoms with Crippen molar-refractivity contribution in [1.82, 2.24) is 9.78 Å². The van der Waals surface area contributed by atoms with Crippen LogP contribution in [0.15, 0.2) is 35.1 Å². The topological polar surface area (TPSA) is 70.1 Å². The average molecular weight is 287 g/mol. The van der Waals surface area contributed by atoms with E-state index in [0.717, 1.165) is 11.3 Å². The van der Waals surface area contributed by atoms with Crippen molar-refractivity contribution in [2.45, 2.75) is 27.3 Å². The molecule has 2 aromatic rings. The molecule has 0 atom stereocenters. The van der Waals surface area contributed by atoms with Crippen molar-refractivity contribution in [3.8, 4) is 17.0 Å². The monoisotopic (exact) mass is 287 g/mol. The van der Waals surface area contributed by atoms with Crippen LogP contribution in [0.4, 0.5) is 5.69 Å². The molecule has 0 unspecified atom stereocenters. The minimum Gasteiger partial charge on any atom is -0.493 e. The van der Waals surface area contributed by atoms with E-state index in [2.05, 4.69) is 18.9 Å². The van der Waals surface area contributed by atoms with Crippen LogP contribution in [0.5, 0.6) is 5.75 Å². The molecule has 0 aliphatic heterocycles. The number of nitrogens with two attached hydrogens (primary N) is 1. The maximum Gasteiger partial charge on any atom is 0.289 e. The van der Waals surface area contributed by atoms with Crippen LogP contribution in [0, 0.1) is 5.92 Å². The van der Waals surface area contributed by atoms with Crippen LogP contribution >= 0.6 is 0 Å². The summed E-state index contributed by atoms with van der Waals surface area (Å²) in [5.74, 6) is 1.25. The van der Waals surface area contributed by atoms with Gasteiger partial charge in [0.1, 0.15) is 11.4 Å². The molecule has 2 rings (SSSR count). The molecule has 0 bridgehead atoms. The zero-order valence-electron chi connectivity index (χ0n) is 12.7. The molecule has 21 heavy (non-hydrogen) atoms. The molecule has 0 spiro atoms. The molecule has 0 saturated carbocycles. The first-order chi connectivity index (χ1) is 10.0. The van der Waals surface area contributed by atoms with Gasteiger partial charge < -0.3 is 10.5 Å². The number of hydrogen-bond donors (Lipinski definition) is 1. The lowest BCUT2D eigenvalue weighted by atomic mass is 10.1. The summed E-state index contributed by atoms with van der Waals surface area (Å²) in [6.45, 7) is 7.21. The Balaban J connectivity index is 2.36. The maximum atomic E-state index is 11.8. The van der Waals surface area contributed by atoms with Crippen LogP contribution in [-0.2, 0) is 6.54 Å². The summed E-state index contributed by atoms with van der Waals surface area (Å²) in [5.41, 5.74) is 7.26. The van der Waals surface area contributed by atoms with Crippen LogP contribution in [0.25, 0.3) is 11.3 Å². The molecule has 112 valence electrons. The molecular weight excluding hydrogens is 266 g/mol. The van der Waals surface area contributed by atoms with E-state index in [-0.39, 0.29) is 11.2 Å². The molecule has 0 aliphatic carbocycles. The Morgan fingerprint density at radius 2 is 2.10 bits per heavy atom. The van der Waals surface area contributed by atoms with E-state index < -0.39 is 0 Å². The van der Waals surface area contributed by atoms with Gasteiger partial charge in [-0.3, -0.25) is 4.79 Å². The highest BCUT2D eigenvalue weighted by atomic mass is 16.5. The zero-order chi connectivity index (χ0) is 15.4. The Labute approximate surface area is 124 Å². The van der Waals surface area contributed by atoms with Gasteiger partial charge in [-0.25, -0.2) is 4.68 Å². The number of rotatable bonds is 5. The van der Waals surface area contributed by atoms with Gasteiger partial charge in [-0.1, -0.05) is 26.0 Å². The fourth-order valence-corrected chi connectivity index (χ4v) is 1.93. The second-order valence-corrected chi connectivity index (χ2v) is 5.34. The Hall–Kier alpha value is -2.30. The van der Waals surface area contributed by atoms with Gasteiger partial charge in [0.25, 0.3) is 5.56 Å². The number of aromatic nitrogens is 2. The third kappa shape index (κ3) is 3.62. The Morgan fingerprint density at radius 1 is 1.33 bits per heavy atom. The van der Waals surface area contributed by atoms with Gasteiger partial charge in [0, 0.05) is 12.1 Å². The first kappa shape index (κ1) is 15.1. The second-order valence-electron chi connectivity index (χ2n) is 5.34. The summed E-state index contributed by atoms with van der Waals surface area (Å²) in [6, 6.07) is 9.26. The Bertz CT molecular complexity index is 677. The van der Waals surface area contributed by atoms with Crippen LogP contribution in [0.3, 0.4) is 0 Å². The molecule has 0 amide bonds. The van der Waals surface area contributed by atoms with Crippen molar-refractivity contribution in [3.05, 3.63) is 40.7 Å². The number of hydrogen-bond acceptors (Lipinski definition) is 4. The van der Waals surface area contributed by atoms with E-state index in [1.165, 1.54) is 4.68 Å². The molecule has 1 aromatic heterocycles.